The fourth-order valence-corrected chi connectivity index (χ4v) is 4.59. The molecule has 0 aliphatic heterocycles. The molecule has 0 unspecified atom stereocenters. The SMILES string of the molecule is CC(C)(C)OC(=O)NCCC(=O)NCCc1cn[nH]c1NC(c1ccccc1)(c1ccccc1)c1ccccc1. The van der Waals surface area contributed by atoms with E-state index in [1.165, 1.54) is 0 Å². The smallest absolute Gasteiger partial charge is 0.407 e. The van der Waals surface area contributed by atoms with E-state index in [1.807, 2.05) is 54.6 Å². The first-order valence-electron chi connectivity index (χ1n) is 13.5. The zero-order chi connectivity index (χ0) is 28.4. The number of anilines is 1. The number of nitrogens with one attached hydrogen (secondary N) is 4. The number of hydrogen-bond acceptors (Lipinski definition) is 5. The zero-order valence-electron chi connectivity index (χ0n) is 23.2. The standard InChI is InChI=1S/C32H37N5O3/c1-31(2,3)40-30(39)34-22-20-28(38)33-21-19-24-23-35-37-29(24)36-32(25-13-7-4-8-14-25,26-15-9-5-10-16-26)27-17-11-6-12-18-27/h4-18,23H,19-22H2,1-3H3,(H,33,38)(H,34,39)(H2,35,36,37). The second-order valence-corrected chi connectivity index (χ2v) is 10.5. The van der Waals surface area contributed by atoms with Crippen molar-refractivity contribution in [3.05, 3.63) is 119 Å². The van der Waals surface area contributed by atoms with Gasteiger partial charge in [-0.05, 0) is 43.9 Å². The molecule has 0 fully saturated rings. The molecule has 208 valence electrons. The molecule has 0 radical (unpaired) electrons. The van der Waals surface area contributed by atoms with Crippen LogP contribution in [0.15, 0.2) is 97.2 Å². The van der Waals surface area contributed by atoms with Gasteiger partial charge in [0.2, 0.25) is 5.91 Å². The van der Waals surface area contributed by atoms with Crippen LogP contribution in [-0.4, -0.2) is 40.9 Å². The Hall–Kier alpha value is -4.59. The lowest BCUT2D eigenvalue weighted by Crippen LogP contribution is -2.38. The van der Waals surface area contributed by atoms with Gasteiger partial charge in [0.1, 0.15) is 17.0 Å². The van der Waals surface area contributed by atoms with Gasteiger partial charge in [-0.2, -0.15) is 5.10 Å². The van der Waals surface area contributed by atoms with Crippen molar-refractivity contribution in [2.24, 2.45) is 0 Å². The first kappa shape index (κ1) is 28.4. The van der Waals surface area contributed by atoms with Gasteiger partial charge in [0.15, 0.2) is 0 Å². The number of carbonyl (C=O) groups excluding carboxylic acids is 2. The Kier molecular flexibility index (Phi) is 9.22. The zero-order valence-corrected chi connectivity index (χ0v) is 23.2. The van der Waals surface area contributed by atoms with Crippen LogP contribution < -0.4 is 16.0 Å². The monoisotopic (exact) mass is 539 g/mol. The Morgan fingerprint density at radius 1 is 0.775 bits per heavy atom. The van der Waals surface area contributed by atoms with E-state index >= 15 is 0 Å². The van der Waals surface area contributed by atoms with Gasteiger partial charge < -0.3 is 20.7 Å². The minimum absolute atomic E-state index is 0.152. The third-order valence-corrected chi connectivity index (χ3v) is 6.39. The molecule has 1 heterocycles. The molecule has 40 heavy (non-hydrogen) atoms. The van der Waals surface area contributed by atoms with Crippen molar-refractivity contribution in [2.75, 3.05) is 18.4 Å². The molecule has 2 amide bonds. The number of amides is 2. The molecule has 0 spiro atoms. The van der Waals surface area contributed by atoms with Crippen LogP contribution in [0, 0.1) is 0 Å². The highest BCUT2D eigenvalue weighted by atomic mass is 16.6. The molecule has 3 aromatic carbocycles. The van der Waals surface area contributed by atoms with E-state index < -0.39 is 17.2 Å². The van der Waals surface area contributed by atoms with E-state index in [2.05, 4.69) is 62.5 Å². The highest BCUT2D eigenvalue weighted by Crippen LogP contribution is 2.40. The second-order valence-electron chi connectivity index (χ2n) is 10.5. The molecular weight excluding hydrogens is 502 g/mol. The first-order chi connectivity index (χ1) is 19.3. The van der Waals surface area contributed by atoms with Crippen molar-refractivity contribution >= 4 is 17.8 Å². The summed E-state index contributed by atoms with van der Waals surface area (Å²) in [6.45, 7) is 6.01. The number of nitrogens with zero attached hydrogens (tertiary/aromatic N) is 1. The lowest BCUT2D eigenvalue weighted by molar-refractivity contribution is -0.120. The topological polar surface area (TPSA) is 108 Å². The number of alkyl carbamates (subject to hydrolysis) is 1. The first-order valence-corrected chi connectivity index (χ1v) is 13.5. The molecule has 0 aliphatic carbocycles. The summed E-state index contributed by atoms with van der Waals surface area (Å²) >= 11 is 0. The minimum atomic E-state index is -0.693. The minimum Gasteiger partial charge on any atom is -0.444 e. The largest absolute Gasteiger partial charge is 0.444 e. The normalized spacial score (nSPS) is 11.5. The lowest BCUT2D eigenvalue weighted by Gasteiger charge is -2.37. The quantitative estimate of drug-likeness (QED) is 0.191. The van der Waals surface area contributed by atoms with Gasteiger partial charge >= 0.3 is 6.09 Å². The summed E-state index contributed by atoms with van der Waals surface area (Å²) in [5, 5.41) is 16.8. The number of hydrogen-bond donors (Lipinski definition) is 4. The van der Waals surface area contributed by atoms with Crippen molar-refractivity contribution in [1.29, 1.82) is 0 Å². The van der Waals surface area contributed by atoms with E-state index in [1.54, 1.807) is 27.0 Å². The molecule has 0 atom stereocenters. The Morgan fingerprint density at radius 3 is 1.80 bits per heavy atom. The summed E-state index contributed by atoms with van der Waals surface area (Å²) in [5.41, 5.74) is 2.92. The van der Waals surface area contributed by atoms with Crippen LogP contribution in [0.5, 0.6) is 0 Å². The number of aromatic nitrogens is 2. The molecule has 4 N–H and O–H groups in total. The molecular formula is C32H37N5O3. The number of H-pyrrole nitrogens is 1. The molecule has 1 aromatic heterocycles. The van der Waals surface area contributed by atoms with Crippen molar-refractivity contribution in [2.45, 2.75) is 44.8 Å². The summed E-state index contributed by atoms with van der Waals surface area (Å²) in [4.78, 5) is 24.2. The Morgan fingerprint density at radius 2 is 1.30 bits per heavy atom. The number of benzene rings is 3. The van der Waals surface area contributed by atoms with Crippen LogP contribution in [0.3, 0.4) is 0 Å². The highest BCUT2D eigenvalue weighted by Gasteiger charge is 2.37. The summed E-state index contributed by atoms with van der Waals surface area (Å²) in [6.07, 6.45) is 1.98. The van der Waals surface area contributed by atoms with E-state index in [0.29, 0.717) is 13.0 Å². The predicted molar refractivity (Wildman–Crippen MR) is 157 cm³/mol. The van der Waals surface area contributed by atoms with Crippen LogP contribution in [-0.2, 0) is 21.5 Å². The average Bonchev–Trinajstić information content (AvgIpc) is 3.38. The average molecular weight is 540 g/mol. The number of aromatic amines is 1. The van der Waals surface area contributed by atoms with Crippen molar-refractivity contribution in [3.8, 4) is 0 Å². The van der Waals surface area contributed by atoms with Gasteiger partial charge in [0, 0.05) is 25.1 Å². The molecule has 8 heteroatoms. The maximum Gasteiger partial charge on any atom is 0.407 e. The fourth-order valence-electron chi connectivity index (χ4n) is 4.59. The van der Waals surface area contributed by atoms with Gasteiger partial charge in [0.25, 0.3) is 0 Å². The summed E-state index contributed by atoms with van der Waals surface area (Å²) in [6, 6.07) is 31.0. The van der Waals surface area contributed by atoms with E-state index in [4.69, 9.17) is 4.74 Å². The summed E-state index contributed by atoms with van der Waals surface area (Å²) in [5.74, 6) is 0.624. The van der Waals surface area contributed by atoms with Crippen molar-refractivity contribution < 1.29 is 14.3 Å². The predicted octanol–water partition coefficient (Wildman–Crippen LogP) is 5.39. The van der Waals surface area contributed by atoms with Crippen LogP contribution in [0.2, 0.25) is 0 Å². The van der Waals surface area contributed by atoms with Gasteiger partial charge in [-0.1, -0.05) is 91.0 Å². The van der Waals surface area contributed by atoms with Gasteiger partial charge in [-0.3, -0.25) is 9.89 Å². The maximum atomic E-state index is 12.4. The molecule has 8 nitrogen and oxygen atoms in total. The Labute approximate surface area is 235 Å². The van der Waals surface area contributed by atoms with Crippen LogP contribution >= 0.6 is 0 Å². The third-order valence-electron chi connectivity index (χ3n) is 6.39. The molecule has 4 aromatic rings. The summed E-state index contributed by atoms with van der Waals surface area (Å²) in [7, 11) is 0. The lowest BCUT2D eigenvalue weighted by atomic mass is 9.77. The van der Waals surface area contributed by atoms with E-state index in [-0.39, 0.29) is 18.9 Å². The third kappa shape index (κ3) is 7.28. The maximum absolute atomic E-state index is 12.4. The van der Waals surface area contributed by atoms with Crippen LogP contribution in [0.4, 0.5) is 10.6 Å². The number of rotatable bonds is 11. The van der Waals surface area contributed by atoms with Gasteiger partial charge in [-0.15, -0.1) is 0 Å². The van der Waals surface area contributed by atoms with Crippen LogP contribution in [0.1, 0.15) is 49.4 Å². The Balaban J connectivity index is 1.48. The Bertz CT molecular complexity index is 1270. The van der Waals surface area contributed by atoms with Crippen LogP contribution in [0.25, 0.3) is 0 Å². The highest BCUT2D eigenvalue weighted by molar-refractivity contribution is 5.77. The van der Waals surface area contributed by atoms with Crippen molar-refractivity contribution in [3.63, 3.8) is 0 Å². The van der Waals surface area contributed by atoms with Crippen molar-refractivity contribution in [1.82, 2.24) is 20.8 Å². The molecule has 0 bridgehead atoms. The van der Waals surface area contributed by atoms with Gasteiger partial charge in [-0.25, -0.2) is 4.79 Å². The second kappa shape index (κ2) is 13.0. The summed E-state index contributed by atoms with van der Waals surface area (Å²) < 4.78 is 5.20. The molecule has 0 saturated carbocycles. The fraction of sp³-hybridized carbons (Fsp3) is 0.281. The number of carbonyl (C=O) groups is 2. The van der Waals surface area contributed by atoms with E-state index in [0.717, 1.165) is 28.1 Å². The van der Waals surface area contributed by atoms with E-state index in [9.17, 15) is 9.59 Å². The molecule has 0 aliphatic rings. The molecule has 0 saturated heterocycles. The van der Waals surface area contributed by atoms with Gasteiger partial charge in [0.05, 0.1) is 6.20 Å². The molecule has 4 rings (SSSR count). The number of ether oxygens (including phenoxy) is 1.